The van der Waals surface area contributed by atoms with Crippen molar-refractivity contribution in [3.05, 3.63) is 0 Å². The molecule has 25 heavy (non-hydrogen) atoms. The van der Waals surface area contributed by atoms with Gasteiger partial charge in [-0.15, -0.1) is 0 Å². The lowest BCUT2D eigenvalue weighted by atomic mass is 10.0. The van der Waals surface area contributed by atoms with Crippen LogP contribution in [0.4, 0.5) is 0 Å². The molecular formula is C23H50N2. The summed E-state index contributed by atoms with van der Waals surface area (Å²) in [6.07, 6.45) is 24.1. The Balaban J connectivity index is 3.09. The van der Waals surface area contributed by atoms with Crippen molar-refractivity contribution >= 4 is 0 Å². The molecule has 0 aliphatic rings. The fourth-order valence-electron chi connectivity index (χ4n) is 3.48. The van der Waals surface area contributed by atoms with Gasteiger partial charge < -0.3 is 0 Å². The topological polar surface area (TPSA) is 29.3 Å². The second-order valence-electron chi connectivity index (χ2n) is 8.31. The van der Waals surface area contributed by atoms with E-state index in [0.29, 0.717) is 0 Å². The molecule has 0 aliphatic carbocycles. The van der Waals surface area contributed by atoms with Crippen LogP contribution >= 0.6 is 0 Å². The summed E-state index contributed by atoms with van der Waals surface area (Å²) in [7, 11) is 0. The van der Waals surface area contributed by atoms with Crippen LogP contribution in [0.1, 0.15) is 130 Å². The fraction of sp³-hybridized carbons (Fsp3) is 1.00. The molecule has 2 nitrogen and oxygen atoms in total. The van der Waals surface area contributed by atoms with Crippen molar-refractivity contribution in [2.45, 2.75) is 130 Å². The van der Waals surface area contributed by atoms with Gasteiger partial charge in [0.05, 0.1) is 0 Å². The maximum Gasteiger partial charge on any atom is 0.0154 e. The fourth-order valence-corrected chi connectivity index (χ4v) is 3.48. The zero-order valence-electron chi connectivity index (χ0n) is 18.0. The zero-order chi connectivity index (χ0) is 18.6. The highest BCUT2D eigenvalue weighted by Gasteiger charge is 2.04. The van der Waals surface area contributed by atoms with Crippen LogP contribution in [0.3, 0.4) is 0 Å². The Kier molecular flexibility index (Phi) is 20.2. The molecule has 0 amide bonds. The van der Waals surface area contributed by atoms with Crippen LogP contribution in [0.2, 0.25) is 0 Å². The zero-order valence-corrected chi connectivity index (χ0v) is 18.0. The number of hydrogen-bond acceptors (Lipinski definition) is 2. The Bertz CT molecular complexity index is 242. The quantitative estimate of drug-likeness (QED) is 0.139. The maximum atomic E-state index is 6.04. The minimum Gasteiger partial charge on any atom is -0.269 e. The van der Waals surface area contributed by atoms with E-state index in [1.807, 2.05) is 5.01 Å². The third-order valence-electron chi connectivity index (χ3n) is 5.54. The van der Waals surface area contributed by atoms with Crippen LogP contribution in [-0.2, 0) is 0 Å². The Hall–Kier alpha value is -0.0800. The van der Waals surface area contributed by atoms with E-state index in [1.54, 1.807) is 0 Å². The van der Waals surface area contributed by atoms with Gasteiger partial charge in [-0.2, -0.15) is 0 Å². The summed E-state index contributed by atoms with van der Waals surface area (Å²) in [5, 5.41) is 2.03. The van der Waals surface area contributed by atoms with Crippen molar-refractivity contribution in [3.8, 4) is 0 Å². The van der Waals surface area contributed by atoms with Crippen molar-refractivity contribution in [2.24, 2.45) is 11.8 Å². The second-order valence-corrected chi connectivity index (χ2v) is 8.31. The Morgan fingerprint density at radius 3 is 1.32 bits per heavy atom. The standard InChI is InChI=1S/C23H50N2/c1-4-6-7-8-9-10-11-12-13-14-15-16-17-18-19-20-21-25(24)22-23(3)5-2/h23H,4-22,24H2,1-3H3. The Morgan fingerprint density at radius 1 is 0.600 bits per heavy atom. The van der Waals surface area contributed by atoms with E-state index in [0.717, 1.165) is 19.0 Å². The molecule has 0 aromatic rings. The number of hydrazine groups is 1. The summed E-state index contributed by atoms with van der Waals surface area (Å²) < 4.78 is 0. The van der Waals surface area contributed by atoms with E-state index < -0.39 is 0 Å². The molecule has 0 saturated carbocycles. The van der Waals surface area contributed by atoms with Crippen LogP contribution in [0.25, 0.3) is 0 Å². The molecule has 0 bridgehead atoms. The summed E-state index contributed by atoms with van der Waals surface area (Å²) in [5.74, 6) is 6.77. The molecule has 0 rings (SSSR count). The van der Waals surface area contributed by atoms with Gasteiger partial charge in [-0.3, -0.25) is 5.84 Å². The molecule has 0 saturated heterocycles. The third-order valence-corrected chi connectivity index (χ3v) is 5.54. The number of rotatable bonds is 20. The lowest BCUT2D eigenvalue weighted by Crippen LogP contribution is -2.35. The third kappa shape index (κ3) is 20.1. The molecule has 0 radical (unpaired) electrons. The Morgan fingerprint density at radius 2 is 0.960 bits per heavy atom. The normalized spacial score (nSPS) is 12.8. The predicted octanol–water partition coefficient (Wildman–Crippen LogP) is 7.47. The first-order valence-corrected chi connectivity index (χ1v) is 11.7. The van der Waals surface area contributed by atoms with Crippen LogP contribution in [0.5, 0.6) is 0 Å². The first kappa shape index (κ1) is 24.9. The summed E-state index contributed by atoms with van der Waals surface area (Å²) >= 11 is 0. The summed E-state index contributed by atoms with van der Waals surface area (Å²) in [5.41, 5.74) is 0. The minimum absolute atomic E-state index is 0.728. The van der Waals surface area contributed by atoms with Crippen molar-refractivity contribution in [3.63, 3.8) is 0 Å². The van der Waals surface area contributed by atoms with Crippen molar-refractivity contribution in [1.82, 2.24) is 5.01 Å². The summed E-state index contributed by atoms with van der Waals surface area (Å²) in [6, 6.07) is 0. The van der Waals surface area contributed by atoms with Gasteiger partial charge in [-0.25, -0.2) is 5.01 Å². The average Bonchev–Trinajstić information content (AvgIpc) is 2.61. The molecular weight excluding hydrogens is 304 g/mol. The highest BCUT2D eigenvalue weighted by Crippen LogP contribution is 2.13. The van der Waals surface area contributed by atoms with Crippen LogP contribution in [0, 0.1) is 5.92 Å². The molecule has 0 heterocycles. The largest absolute Gasteiger partial charge is 0.269 e. The highest BCUT2D eigenvalue weighted by molar-refractivity contribution is 4.56. The van der Waals surface area contributed by atoms with E-state index >= 15 is 0 Å². The molecule has 0 aromatic heterocycles. The van der Waals surface area contributed by atoms with Gasteiger partial charge >= 0.3 is 0 Å². The van der Waals surface area contributed by atoms with Gasteiger partial charge in [0.2, 0.25) is 0 Å². The van der Waals surface area contributed by atoms with Crippen molar-refractivity contribution in [1.29, 1.82) is 0 Å². The SMILES string of the molecule is CCCCCCCCCCCCCCCCCCN(N)CC(C)CC. The number of hydrogen-bond donors (Lipinski definition) is 1. The molecule has 0 spiro atoms. The number of unbranched alkanes of at least 4 members (excludes halogenated alkanes) is 15. The van der Waals surface area contributed by atoms with E-state index in [9.17, 15) is 0 Å². The van der Waals surface area contributed by atoms with Crippen LogP contribution < -0.4 is 5.84 Å². The molecule has 0 aromatic carbocycles. The molecule has 1 atom stereocenters. The first-order chi connectivity index (χ1) is 12.2. The van der Waals surface area contributed by atoms with Gasteiger partial charge in [0, 0.05) is 13.1 Å². The molecule has 152 valence electrons. The lowest BCUT2D eigenvalue weighted by molar-refractivity contribution is 0.235. The highest BCUT2D eigenvalue weighted by atomic mass is 15.4. The number of nitrogens with zero attached hydrogens (tertiary/aromatic N) is 1. The van der Waals surface area contributed by atoms with Crippen LogP contribution in [-0.4, -0.2) is 18.1 Å². The van der Waals surface area contributed by atoms with Crippen molar-refractivity contribution < 1.29 is 0 Å². The van der Waals surface area contributed by atoms with E-state index in [2.05, 4.69) is 20.8 Å². The second kappa shape index (κ2) is 20.2. The maximum absolute atomic E-state index is 6.04. The monoisotopic (exact) mass is 354 g/mol. The molecule has 0 fully saturated rings. The van der Waals surface area contributed by atoms with Gasteiger partial charge in [-0.05, 0) is 12.3 Å². The minimum atomic E-state index is 0.728. The van der Waals surface area contributed by atoms with Gasteiger partial charge in [-0.1, -0.05) is 124 Å². The Labute approximate surface area is 160 Å². The smallest absolute Gasteiger partial charge is 0.0154 e. The number of nitrogens with two attached hydrogens (primary N) is 1. The van der Waals surface area contributed by atoms with E-state index in [-0.39, 0.29) is 0 Å². The summed E-state index contributed by atoms with van der Waals surface area (Å²) in [6.45, 7) is 8.95. The average molecular weight is 355 g/mol. The molecule has 2 heteroatoms. The lowest BCUT2D eigenvalue weighted by Gasteiger charge is -2.19. The van der Waals surface area contributed by atoms with Crippen molar-refractivity contribution in [2.75, 3.05) is 13.1 Å². The van der Waals surface area contributed by atoms with Gasteiger partial charge in [0.15, 0.2) is 0 Å². The molecule has 0 aliphatic heterocycles. The molecule has 1 unspecified atom stereocenters. The first-order valence-electron chi connectivity index (χ1n) is 11.7. The van der Waals surface area contributed by atoms with Gasteiger partial charge in [0.1, 0.15) is 0 Å². The van der Waals surface area contributed by atoms with Crippen LogP contribution in [0.15, 0.2) is 0 Å². The van der Waals surface area contributed by atoms with E-state index in [4.69, 9.17) is 5.84 Å². The molecule has 2 N–H and O–H groups in total. The predicted molar refractivity (Wildman–Crippen MR) is 115 cm³/mol. The van der Waals surface area contributed by atoms with E-state index in [1.165, 1.54) is 109 Å². The summed E-state index contributed by atoms with van der Waals surface area (Å²) in [4.78, 5) is 0. The van der Waals surface area contributed by atoms with Gasteiger partial charge in [0.25, 0.3) is 0 Å².